The van der Waals surface area contributed by atoms with Crippen LogP contribution in [0.5, 0.6) is 0 Å². The van der Waals surface area contributed by atoms with Gasteiger partial charge in [-0.3, -0.25) is 19.3 Å². The summed E-state index contributed by atoms with van der Waals surface area (Å²) in [5.74, 6) is -0.373. The molecule has 5 heteroatoms. The van der Waals surface area contributed by atoms with Crippen molar-refractivity contribution < 1.29 is 14.4 Å². The summed E-state index contributed by atoms with van der Waals surface area (Å²) in [6, 6.07) is 0. The Labute approximate surface area is 101 Å². The smallest absolute Gasteiger partial charge is 0.253 e. The van der Waals surface area contributed by atoms with Gasteiger partial charge in [-0.1, -0.05) is 0 Å². The van der Waals surface area contributed by atoms with Crippen molar-refractivity contribution in [2.45, 2.75) is 25.7 Å². The second-order valence-corrected chi connectivity index (χ2v) is 4.01. The second-order valence-electron chi connectivity index (χ2n) is 4.01. The molecule has 0 aromatic heterocycles. The Hall–Kier alpha value is -1.49. The fourth-order valence-corrected chi connectivity index (χ4v) is 1.67. The Morgan fingerprint density at radius 1 is 1.18 bits per heavy atom. The number of carbonyl (C=O) groups is 3. The standard InChI is InChI=1S/C12H18N2O3/c1-13-8-2-4-10(15)5-3-9-14-11(16)6-7-12(14)17/h6-7,13H,2-5,8-9H2,1H3. The molecule has 0 aromatic carbocycles. The number of Topliss-reactive ketones (excluding diaryl/α,β-unsaturated/α-hetero) is 1. The number of hydrogen-bond acceptors (Lipinski definition) is 4. The van der Waals surface area contributed by atoms with Crippen molar-refractivity contribution in [3.63, 3.8) is 0 Å². The quantitative estimate of drug-likeness (QED) is 0.486. The highest BCUT2D eigenvalue weighted by Crippen LogP contribution is 2.06. The van der Waals surface area contributed by atoms with E-state index in [4.69, 9.17) is 0 Å². The van der Waals surface area contributed by atoms with Gasteiger partial charge in [0.2, 0.25) is 0 Å². The highest BCUT2D eigenvalue weighted by Gasteiger charge is 2.22. The minimum Gasteiger partial charge on any atom is -0.320 e. The van der Waals surface area contributed by atoms with Crippen LogP contribution in [0.25, 0.3) is 0 Å². The largest absolute Gasteiger partial charge is 0.320 e. The van der Waals surface area contributed by atoms with Gasteiger partial charge < -0.3 is 5.32 Å². The molecule has 1 rings (SSSR count). The van der Waals surface area contributed by atoms with Crippen molar-refractivity contribution in [3.8, 4) is 0 Å². The molecule has 1 heterocycles. The van der Waals surface area contributed by atoms with Crippen molar-refractivity contribution in [1.82, 2.24) is 10.2 Å². The van der Waals surface area contributed by atoms with E-state index in [0.29, 0.717) is 25.8 Å². The number of imide groups is 1. The van der Waals surface area contributed by atoms with Gasteiger partial charge in [-0.25, -0.2) is 0 Å². The Morgan fingerprint density at radius 2 is 1.76 bits per heavy atom. The number of hydrogen-bond donors (Lipinski definition) is 1. The molecule has 0 unspecified atom stereocenters. The van der Waals surface area contributed by atoms with E-state index in [1.807, 2.05) is 7.05 Å². The van der Waals surface area contributed by atoms with Crippen LogP contribution in [0.15, 0.2) is 12.2 Å². The number of carbonyl (C=O) groups excluding carboxylic acids is 3. The van der Waals surface area contributed by atoms with E-state index in [1.165, 1.54) is 17.1 Å². The second kappa shape index (κ2) is 6.96. The first kappa shape index (κ1) is 13.6. The summed E-state index contributed by atoms with van der Waals surface area (Å²) < 4.78 is 0. The van der Waals surface area contributed by atoms with Crippen molar-refractivity contribution in [1.29, 1.82) is 0 Å². The van der Waals surface area contributed by atoms with Crippen LogP contribution in [0.2, 0.25) is 0 Å². The van der Waals surface area contributed by atoms with Crippen LogP contribution in [0.4, 0.5) is 0 Å². The predicted octanol–water partition coefficient (Wildman–Crippen LogP) is 0.260. The third kappa shape index (κ3) is 4.48. The summed E-state index contributed by atoms with van der Waals surface area (Å²) in [7, 11) is 1.85. The van der Waals surface area contributed by atoms with Crippen molar-refractivity contribution in [3.05, 3.63) is 12.2 Å². The zero-order valence-corrected chi connectivity index (χ0v) is 10.1. The predicted molar refractivity (Wildman–Crippen MR) is 63.3 cm³/mol. The minimum atomic E-state index is -0.280. The maximum absolute atomic E-state index is 11.4. The van der Waals surface area contributed by atoms with Gasteiger partial charge in [0, 0.05) is 31.5 Å². The Bertz CT molecular complexity index is 319. The minimum absolute atomic E-state index is 0.187. The van der Waals surface area contributed by atoms with Crippen LogP contribution >= 0.6 is 0 Å². The molecular weight excluding hydrogens is 220 g/mol. The van der Waals surface area contributed by atoms with Crippen LogP contribution in [0.3, 0.4) is 0 Å². The summed E-state index contributed by atoms with van der Waals surface area (Å²) in [4.78, 5) is 35.0. The first-order valence-corrected chi connectivity index (χ1v) is 5.85. The van der Waals surface area contributed by atoms with Crippen molar-refractivity contribution >= 4 is 17.6 Å². The average molecular weight is 238 g/mol. The number of ketones is 1. The lowest BCUT2D eigenvalue weighted by molar-refractivity contribution is -0.137. The van der Waals surface area contributed by atoms with E-state index < -0.39 is 0 Å². The van der Waals surface area contributed by atoms with E-state index in [0.717, 1.165) is 13.0 Å². The molecule has 0 aliphatic carbocycles. The fraction of sp³-hybridized carbons (Fsp3) is 0.583. The van der Waals surface area contributed by atoms with Crippen LogP contribution in [-0.2, 0) is 14.4 Å². The van der Waals surface area contributed by atoms with Crippen LogP contribution < -0.4 is 5.32 Å². The van der Waals surface area contributed by atoms with Gasteiger partial charge >= 0.3 is 0 Å². The van der Waals surface area contributed by atoms with E-state index in [9.17, 15) is 14.4 Å². The summed E-state index contributed by atoms with van der Waals surface area (Å²) in [5.41, 5.74) is 0. The van der Waals surface area contributed by atoms with Gasteiger partial charge in [-0.15, -0.1) is 0 Å². The lowest BCUT2D eigenvalue weighted by Gasteiger charge is -2.12. The number of rotatable bonds is 8. The third-order valence-electron chi connectivity index (χ3n) is 2.62. The maximum atomic E-state index is 11.4. The molecule has 1 aliphatic heterocycles. The molecule has 0 bridgehead atoms. The molecule has 0 aromatic rings. The molecule has 1 aliphatic rings. The number of nitrogens with one attached hydrogen (secondary N) is 1. The van der Waals surface area contributed by atoms with E-state index in [-0.39, 0.29) is 17.6 Å². The summed E-state index contributed by atoms with van der Waals surface area (Å²) in [6.07, 6.45) is 4.89. The average Bonchev–Trinajstić information content (AvgIpc) is 2.61. The van der Waals surface area contributed by atoms with Crippen LogP contribution in [0.1, 0.15) is 25.7 Å². The maximum Gasteiger partial charge on any atom is 0.253 e. The molecule has 2 amide bonds. The lowest BCUT2D eigenvalue weighted by atomic mass is 10.1. The number of amides is 2. The van der Waals surface area contributed by atoms with Gasteiger partial charge in [0.1, 0.15) is 5.78 Å². The highest BCUT2D eigenvalue weighted by atomic mass is 16.2. The first-order valence-electron chi connectivity index (χ1n) is 5.85. The highest BCUT2D eigenvalue weighted by molar-refractivity contribution is 6.12. The molecule has 0 atom stereocenters. The third-order valence-corrected chi connectivity index (χ3v) is 2.62. The van der Waals surface area contributed by atoms with Crippen LogP contribution in [-0.4, -0.2) is 42.6 Å². The molecule has 0 saturated carbocycles. The summed E-state index contributed by atoms with van der Waals surface area (Å²) >= 11 is 0. The molecule has 17 heavy (non-hydrogen) atoms. The first-order chi connectivity index (χ1) is 8.15. The van der Waals surface area contributed by atoms with Crippen LogP contribution in [0, 0.1) is 0 Å². The number of nitrogens with zero attached hydrogens (tertiary/aromatic N) is 1. The normalized spacial score (nSPS) is 14.8. The Balaban J connectivity index is 2.13. The van der Waals surface area contributed by atoms with E-state index in [2.05, 4.69) is 5.32 Å². The molecule has 0 fully saturated rings. The molecule has 0 radical (unpaired) electrons. The lowest BCUT2D eigenvalue weighted by Crippen LogP contribution is -2.31. The fourth-order valence-electron chi connectivity index (χ4n) is 1.67. The Kier molecular flexibility index (Phi) is 5.56. The molecule has 94 valence electrons. The monoisotopic (exact) mass is 238 g/mol. The van der Waals surface area contributed by atoms with Crippen molar-refractivity contribution in [2.24, 2.45) is 0 Å². The zero-order valence-electron chi connectivity index (χ0n) is 10.1. The van der Waals surface area contributed by atoms with Gasteiger partial charge in [0.05, 0.1) is 0 Å². The molecule has 5 nitrogen and oxygen atoms in total. The molecule has 0 spiro atoms. The van der Waals surface area contributed by atoms with Crippen molar-refractivity contribution in [2.75, 3.05) is 20.1 Å². The van der Waals surface area contributed by atoms with E-state index >= 15 is 0 Å². The molecular formula is C12H18N2O3. The van der Waals surface area contributed by atoms with Gasteiger partial charge in [0.25, 0.3) is 11.8 Å². The van der Waals surface area contributed by atoms with Gasteiger partial charge in [-0.2, -0.15) is 0 Å². The Morgan fingerprint density at radius 3 is 2.35 bits per heavy atom. The topological polar surface area (TPSA) is 66.5 Å². The summed E-state index contributed by atoms with van der Waals surface area (Å²) in [6.45, 7) is 1.17. The molecule has 0 saturated heterocycles. The summed E-state index contributed by atoms with van der Waals surface area (Å²) in [5, 5.41) is 2.98. The SMILES string of the molecule is CNCCCC(=O)CCCN1C(=O)C=CC1=O. The zero-order chi connectivity index (χ0) is 12.7. The molecule has 1 N–H and O–H groups in total. The van der Waals surface area contributed by atoms with Gasteiger partial charge in [-0.05, 0) is 26.4 Å². The van der Waals surface area contributed by atoms with Gasteiger partial charge in [0.15, 0.2) is 0 Å². The van der Waals surface area contributed by atoms with E-state index in [1.54, 1.807) is 0 Å².